The number of aromatic amines is 1. The van der Waals surface area contributed by atoms with Gasteiger partial charge in [-0.2, -0.15) is 5.10 Å². The van der Waals surface area contributed by atoms with Crippen LogP contribution in [-0.2, 0) is 16.6 Å². The molecule has 11 heteroatoms. The van der Waals surface area contributed by atoms with Crippen LogP contribution in [0.1, 0.15) is 16.2 Å². The number of carbonyl (C=O) groups is 1. The first-order valence-corrected chi connectivity index (χ1v) is 10.7. The molecule has 0 saturated heterocycles. The number of para-hydroxylation sites is 2. The van der Waals surface area contributed by atoms with Gasteiger partial charge in [-0.05, 0) is 48.6 Å². The molecule has 0 spiro atoms. The van der Waals surface area contributed by atoms with Crippen molar-refractivity contribution < 1.29 is 17.9 Å². The molecular weight excluding hydrogens is 426 g/mol. The fraction of sp³-hybridized carbons (Fsp3) is 0.211. The Balaban J connectivity index is 1.79. The number of aromatic nitrogens is 3. The summed E-state index contributed by atoms with van der Waals surface area (Å²) in [6, 6.07) is 13.0. The number of hydrogen-bond acceptors (Lipinski definition) is 6. The number of nitrogens with zero attached hydrogens (tertiary/aromatic N) is 3. The number of rotatable bonds is 7. The molecule has 30 heavy (non-hydrogen) atoms. The third kappa shape index (κ3) is 4.27. The first kappa shape index (κ1) is 21.7. The molecule has 0 atom stereocenters. The average molecular weight is 448 g/mol. The van der Waals surface area contributed by atoms with Crippen molar-refractivity contribution in [3.8, 4) is 11.4 Å². The van der Waals surface area contributed by atoms with Crippen molar-refractivity contribution >= 4 is 28.1 Å². The van der Waals surface area contributed by atoms with E-state index in [0.717, 1.165) is 4.31 Å². The third-order valence-corrected chi connectivity index (χ3v) is 6.47. The predicted molar refractivity (Wildman–Crippen MR) is 114 cm³/mol. The number of amides is 1. The van der Waals surface area contributed by atoms with Crippen molar-refractivity contribution in [2.75, 3.05) is 21.2 Å². The summed E-state index contributed by atoms with van der Waals surface area (Å²) in [4.78, 5) is 12.6. The second-order valence-corrected chi connectivity index (χ2v) is 8.99. The molecule has 1 amide bonds. The van der Waals surface area contributed by atoms with Crippen molar-refractivity contribution in [1.29, 1.82) is 0 Å². The van der Waals surface area contributed by atoms with Crippen LogP contribution in [0.15, 0.2) is 53.4 Å². The molecule has 0 bridgehead atoms. The first-order chi connectivity index (χ1) is 14.3. The van der Waals surface area contributed by atoms with E-state index in [1.54, 1.807) is 17.7 Å². The van der Waals surface area contributed by atoms with E-state index in [1.165, 1.54) is 38.4 Å². The van der Waals surface area contributed by atoms with Gasteiger partial charge in [0.15, 0.2) is 10.6 Å². The van der Waals surface area contributed by atoms with Gasteiger partial charge in [-0.15, -0.1) is 0 Å². The smallest absolute Gasteiger partial charge is 0.251 e. The molecule has 0 saturated carbocycles. The molecule has 0 fully saturated rings. The molecule has 3 rings (SSSR count). The largest absolute Gasteiger partial charge is 0.495 e. The molecule has 2 N–H and O–H groups in total. The van der Waals surface area contributed by atoms with E-state index in [-0.39, 0.29) is 17.3 Å². The van der Waals surface area contributed by atoms with Crippen LogP contribution < -0.4 is 10.1 Å². The molecule has 158 valence electrons. The van der Waals surface area contributed by atoms with Gasteiger partial charge < -0.3 is 10.1 Å². The molecule has 1 aromatic heterocycles. The van der Waals surface area contributed by atoms with Crippen LogP contribution in [0.5, 0.6) is 5.75 Å². The third-order valence-electron chi connectivity index (χ3n) is 4.37. The summed E-state index contributed by atoms with van der Waals surface area (Å²) in [7, 11) is 0.903. The van der Waals surface area contributed by atoms with E-state index in [1.807, 2.05) is 18.2 Å². The number of benzene rings is 2. The number of ether oxygens (including phenoxy) is 1. The lowest BCUT2D eigenvalue weighted by atomic mass is 10.2. The monoisotopic (exact) mass is 447 g/mol. The number of nitrogens with one attached hydrogen (secondary N) is 2. The average Bonchev–Trinajstić information content (AvgIpc) is 3.12. The first-order valence-electron chi connectivity index (χ1n) is 8.86. The van der Waals surface area contributed by atoms with Crippen molar-refractivity contribution in [1.82, 2.24) is 24.4 Å². The highest BCUT2D eigenvalue weighted by molar-refractivity contribution is 7.89. The lowest BCUT2D eigenvalue weighted by Gasteiger charge is -2.12. The number of methoxy groups -OCH3 is 1. The van der Waals surface area contributed by atoms with E-state index in [9.17, 15) is 13.2 Å². The van der Waals surface area contributed by atoms with Gasteiger partial charge in [0.25, 0.3) is 5.91 Å². The zero-order valence-electron chi connectivity index (χ0n) is 16.6. The standard InChI is InChI=1S/C19H21N5O4S2/c1-23(2)30(26,27)14-10-8-13(9-11-14)18(25)20-12-17-21-22-19(29)24(17)15-6-4-5-7-16(15)28-3/h4-11H,12H2,1-3H3,(H,20,25)(H,22,29). The lowest BCUT2D eigenvalue weighted by molar-refractivity contribution is 0.0949. The second-order valence-electron chi connectivity index (χ2n) is 6.45. The lowest BCUT2D eigenvalue weighted by Crippen LogP contribution is -2.25. The normalized spacial score (nSPS) is 11.5. The molecule has 0 aliphatic rings. The molecule has 0 aliphatic heterocycles. The van der Waals surface area contributed by atoms with Gasteiger partial charge in [-0.25, -0.2) is 12.7 Å². The van der Waals surface area contributed by atoms with E-state index in [4.69, 9.17) is 17.0 Å². The molecule has 0 radical (unpaired) electrons. The minimum absolute atomic E-state index is 0.0990. The summed E-state index contributed by atoms with van der Waals surface area (Å²) in [6.07, 6.45) is 0. The molecule has 0 aliphatic carbocycles. The highest BCUT2D eigenvalue weighted by Gasteiger charge is 2.18. The Morgan fingerprint density at radius 2 is 1.87 bits per heavy atom. The Labute approximate surface area is 179 Å². The Morgan fingerprint density at radius 3 is 2.50 bits per heavy atom. The summed E-state index contributed by atoms with van der Waals surface area (Å²) in [5.41, 5.74) is 1.02. The van der Waals surface area contributed by atoms with Gasteiger partial charge in [0, 0.05) is 19.7 Å². The highest BCUT2D eigenvalue weighted by Crippen LogP contribution is 2.23. The summed E-state index contributed by atoms with van der Waals surface area (Å²) in [5.74, 6) is 0.731. The van der Waals surface area contributed by atoms with Crippen LogP contribution in [0.4, 0.5) is 0 Å². The topological polar surface area (TPSA) is 109 Å². The molecule has 0 unspecified atom stereocenters. The van der Waals surface area contributed by atoms with Crippen LogP contribution in [-0.4, -0.2) is 54.6 Å². The Bertz CT molecular complexity index is 1210. The van der Waals surface area contributed by atoms with Crippen LogP contribution in [0.25, 0.3) is 5.69 Å². The zero-order chi connectivity index (χ0) is 21.9. The van der Waals surface area contributed by atoms with Crippen LogP contribution in [0.3, 0.4) is 0 Å². The van der Waals surface area contributed by atoms with Gasteiger partial charge >= 0.3 is 0 Å². The second kappa shape index (κ2) is 8.78. The summed E-state index contributed by atoms with van der Waals surface area (Å²) in [5, 5.41) is 9.68. The molecule has 1 heterocycles. The van der Waals surface area contributed by atoms with Crippen molar-refractivity contribution in [2.24, 2.45) is 0 Å². The number of sulfonamides is 1. The maximum absolute atomic E-state index is 12.5. The summed E-state index contributed by atoms with van der Waals surface area (Å²) < 4.78 is 32.8. The van der Waals surface area contributed by atoms with Gasteiger partial charge in [-0.1, -0.05) is 12.1 Å². The fourth-order valence-corrected chi connectivity index (χ4v) is 3.91. The van der Waals surface area contributed by atoms with Crippen molar-refractivity contribution in [3.63, 3.8) is 0 Å². The van der Waals surface area contributed by atoms with E-state index in [2.05, 4.69) is 15.5 Å². The van der Waals surface area contributed by atoms with E-state index >= 15 is 0 Å². The minimum Gasteiger partial charge on any atom is -0.495 e. The number of carbonyl (C=O) groups excluding carboxylic acids is 1. The molecule has 9 nitrogen and oxygen atoms in total. The fourth-order valence-electron chi connectivity index (χ4n) is 2.76. The molecule has 3 aromatic rings. The molecule has 2 aromatic carbocycles. The van der Waals surface area contributed by atoms with Crippen LogP contribution >= 0.6 is 12.2 Å². The van der Waals surface area contributed by atoms with Crippen molar-refractivity contribution in [3.05, 3.63) is 64.7 Å². The van der Waals surface area contributed by atoms with Gasteiger partial charge in [-0.3, -0.25) is 14.5 Å². The highest BCUT2D eigenvalue weighted by atomic mass is 32.2. The maximum Gasteiger partial charge on any atom is 0.251 e. The van der Waals surface area contributed by atoms with Gasteiger partial charge in [0.05, 0.1) is 24.2 Å². The van der Waals surface area contributed by atoms with Gasteiger partial charge in [0.2, 0.25) is 10.0 Å². The zero-order valence-corrected chi connectivity index (χ0v) is 18.3. The SMILES string of the molecule is COc1ccccc1-n1c(CNC(=O)c2ccc(S(=O)(=O)N(C)C)cc2)n[nH]c1=S. The van der Waals surface area contributed by atoms with Crippen LogP contribution in [0.2, 0.25) is 0 Å². The minimum atomic E-state index is -3.55. The quantitative estimate of drug-likeness (QED) is 0.537. The maximum atomic E-state index is 12.5. The number of H-pyrrole nitrogens is 1. The Morgan fingerprint density at radius 1 is 1.20 bits per heavy atom. The van der Waals surface area contributed by atoms with Crippen LogP contribution in [0, 0.1) is 4.77 Å². The van der Waals surface area contributed by atoms with Gasteiger partial charge in [0.1, 0.15) is 5.75 Å². The summed E-state index contributed by atoms with van der Waals surface area (Å²) >= 11 is 5.32. The molecular formula is C19H21N5O4S2. The van der Waals surface area contributed by atoms with Crippen molar-refractivity contribution in [2.45, 2.75) is 11.4 Å². The summed E-state index contributed by atoms with van der Waals surface area (Å²) in [6.45, 7) is 0.0990. The van der Waals surface area contributed by atoms with E-state index < -0.39 is 10.0 Å². The number of hydrogen-bond donors (Lipinski definition) is 2. The Hall–Kier alpha value is -3.02. The van der Waals surface area contributed by atoms with E-state index in [0.29, 0.717) is 27.6 Å². The Kier molecular flexibility index (Phi) is 6.34. The predicted octanol–water partition coefficient (Wildman–Crippen LogP) is 2.12.